The molecule has 0 aliphatic rings. The molecular formula is C25H34FN3O6S. The van der Waals surface area contributed by atoms with Crippen LogP contribution in [0.1, 0.15) is 57.7 Å². The maximum Gasteiger partial charge on any atom is 0.308 e. The molecule has 2 atom stereocenters. The first-order valence-electron chi connectivity index (χ1n) is 11.5. The van der Waals surface area contributed by atoms with E-state index in [4.69, 9.17) is 4.74 Å². The standard InChI is InChI=1S/C25H34FN3O6S/c1-15(2)23-21(12-11-19(30)13-20(31)14-22(32)35-16(3)4)24(17-7-9-18(26)10-8-17)28-25(27-23)29(5)36(6,33)34/h7-12,15-16,19-20,30-31H,13-14H2,1-6H3/t19-,20-/m1/s1. The number of ether oxygens (including phenoxy) is 1. The van der Waals surface area contributed by atoms with Gasteiger partial charge >= 0.3 is 5.97 Å². The minimum absolute atomic E-state index is 0.0442. The van der Waals surface area contributed by atoms with Crippen molar-refractivity contribution < 1.29 is 32.6 Å². The molecule has 2 aromatic rings. The second kappa shape index (κ2) is 12.4. The summed E-state index contributed by atoms with van der Waals surface area (Å²) in [5, 5.41) is 20.6. The molecule has 1 heterocycles. The fourth-order valence-electron chi connectivity index (χ4n) is 3.35. The van der Waals surface area contributed by atoms with E-state index >= 15 is 0 Å². The maximum absolute atomic E-state index is 13.6. The fourth-order valence-corrected chi connectivity index (χ4v) is 3.73. The molecule has 2 rings (SSSR count). The Kier molecular flexibility index (Phi) is 10.1. The Hall–Kier alpha value is -2.89. The van der Waals surface area contributed by atoms with E-state index in [9.17, 15) is 27.8 Å². The molecule has 0 fully saturated rings. The van der Waals surface area contributed by atoms with Gasteiger partial charge in [0.15, 0.2) is 0 Å². The van der Waals surface area contributed by atoms with E-state index in [1.807, 2.05) is 13.8 Å². The van der Waals surface area contributed by atoms with Crippen LogP contribution < -0.4 is 4.31 Å². The molecule has 1 aromatic carbocycles. The molecule has 2 N–H and O–H groups in total. The molecule has 11 heteroatoms. The molecule has 0 spiro atoms. The number of aliphatic hydroxyl groups is 2. The summed E-state index contributed by atoms with van der Waals surface area (Å²) in [7, 11) is -2.31. The minimum Gasteiger partial charge on any atom is -0.463 e. The lowest BCUT2D eigenvalue weighted by Crippen LogP contribution is -2.27. The van der Waals surface area contributed by atoms with Gasteiger partial charge in [0.2, 0.25) is 16.0 Å². The number of halogens is 1. The van der Waals surface area contributed by atoms with Crippen LogP contribution in [-0.2, 0) is 19.6 Å². The highest BCUT2D eigenvalue weighted by molar-refractivity contribution is 7.92. The summed E-state index contributed by atoms with van der Waals surface area (Å²) in [6.07, 6.45) is 1.18. The minimum atomic E-state index is -3.65. The van der Waals surface area contributed by atoms with Crippen LogP contribution in [0.5, 0.6) is 0 Å². The van der Waals surface area contributed by atoms with Crippen LogP contribution in [0.15, 0.2) is 30.3 Å². The van der Waals surface area contributed by atoms with Crippen LogP contribution in [0.2, 0.25) is 0 Å². The van der Waals surface area contributed by atoms with Gasteiger partial charge in [0.1, 0.15) is 5.82 Å². The van der Waals surface area contributed by atoms with Crippen molar-refractivity contribution in [2.45, 2.75) is 64.8 Å². The van der Waals surface area contributed by atoms with Crippen molar-refractivity contribution in [1.29, 1.82) is 0 Å². The quantitative estimate of drug-likeness (QED) is 0.429. The number of esters is 1. The molecule has 0 saturated heterocycles. The number of carbonyl (C=O) groups excluding carboxylic acids is 1. The topological polar surface area (TPSA) is 130 Å². The summed E-state index contributed by atoms with van der Waals surface area (Å²) >= 11 is 0. The van der Waals surface area contributed by atoms with E-state index in [1.165, 1.54) is 37.4 Å². The second-order valence-electron chi connectivity index (χ2n) is 9.12. The van der Waals surface area contributed by atoms with Crippen LogP contribution in [0.3, 0.4) is 0 Å². The Labute approximate surface area is 211 Å². The zero-order chi connectivity index (χ0) is 27.2. The van der Waals surface area contributed by atoms with E-state index in [1.54, 1.807) is 19.9 Å². The zero-order valence-electron chi connectivity index (χ0n) is 21.3. The van der Waals surface area contributed by atoms with Gasteiger partial charge in [-0.1, -0.05) is 26.0 Å². The summed E-state index contributed by atoms with van der Waals surface area (Å²) in [5.41, 5.74) is 1.90. The number of anilines is 1. The second-order valence-corrected chi connectivity index (χ2v) is 11.1. The van der Waals surface area contributed by atoms with Crippen LogP contribution in [0.25, 0.3) is 17.3 Å². The summed E-state index contributed by atoms with van der Waals surface area (Å²) in [6.45, 7) is 7.15. The predicted octanol–water partition coefficient (Wildman–Crippen LogP) is 3.27. The number of rotatable bonds is 11. The number of nitrogens with zero attached hydrogens (tertiary/aromatic N) is 3. The number of benzene rings is 1. The first-order valence-corrected chi connectivity index (χ1v) is 13.4. The van der Waals surface area contributed by atoms with E-state index < -0.39 is 34.0 Å². The number of hydrogen-bond donors (Lipinski definition) is 2. The molecule has 9 nitrogen and oxygen atoms in total. The Morgan fingerprint density at radius 1 is 1.14 bits per heavy atom. The zero-order valence-corrected chi connectivity index (χ0v) is 22.2. The Balaban J connectivity index is 2.48. The summed E-state index contributed by atoms with van der Waals surface area (Å²) in [6, 6.07) is 5.57. The van der Waals surface area contributed by atoms with Crippen LogP contribution in [-0.4, -0.2) is 66.2 Å². The molecule has 0 aliphatic heterocycles. The molecular weight excluding hydrogens is 489 g/mol. The number of carbonyl (C=O) groups is 1. The normalized spacial score (nSPS) is 13.9. The number of hydrogen-bond acceptors (Lipinski definition) is 8. The van der Waals surface area contributed by atoms with Crippen molar-refractivity contribution in [1.82, 2.24) is 9.97 Å². The fraction of sp³-hybridized carbons (Fsp3) is 0.480. The first-order chi connectivity index (χ1) is 16.7. The highest BCUT2D eigenvalue weighted by Gasteiger charge is 2.23. The lowest BCUT2D eigenvalue weighted by molar-refractivity contribution is -0.149. The average Bonchev–Trinajstić information content (AvgIpc) is 2.75. The van der Waals surface area contributed by atoms with Crippen molar-refractivity contribution in [2.24, 2.45) is 0 Å². The number of aromatic nitrogens is 2. The lowest BCUT2D eigenvalue weighted by Gasteiger charge is -2.20. The highest BCUT2D eigenvalue weighted by atomic mass is 32.2. The van der Waals surface area contributed by atoms with Crippen LogP contribution >= 0.6 is 0 Å². The molecule has 0 aliphatic carbocycles. The van der Waals surface area contributed by atoms with Gasteiger partial charge in [-0.15, -0.1) is 0 Å². The Morgan fingerprint density at radius 3 is 2.28 bits per heavy atom. The van der Waals surface area contributed by atoms with Crippen molar-refractivity contribution >= 4 is 28.0 Å². The van der Waals surface area contributed by atoms with Gasteiger partial charge in [-0.2, -0.15) is 0 Å². The molecule has 0 radical (unpaired) electrons. The van der Waals surface area contributed by atoms with Gasteiger partial charge in [0.05, 0.1) is 42.4 Å². The third-order valence-electron chi connectivity index (χ3n) is 5.18. The van der Waals surface area contributed by atoms with Crippen LogP contribution in [0, 0.1) is 5.82 Å². The summed E-state index contributed by atoms with van der Waals surface area (Å²) < 4.78 is 43.8. The third kappa shape index (κ3) is 8.35. The Morgan fingerprint density at radius 2 is 1.75 bits per heavy atom. The first kappa shape index (κ1) is 29.3. The molecule has 198 valence electrons. The van der Waals surface area contributed by atoms with E-state index in [0.29, 0.717) is 22.5 Å². The van der Waals surface area contributed by atoms with Crippen molar-refractivity contribution in [3.05, 3.63) is 47.4 Å². The molecule has 0 saturated carbocycles. The van der Waals surface area contributed by atoms with E-state index in [2.05, 4.69) is 9.97 Å². The maximum atomic E-state index is 13.6. The van der Waals surface area contributed by atoms with Gasteiger partial charge in [-0.25, -0.2) is 27.1 Å². The smallest absolute Gasteiger partial charge is 0.308 e. The average molecular weight is 524 g/mol. The monoisotopic (exact) mass is 523 g/mol. The van der Waals surface area contributed by atoms with Gasteiger partial charge < -0.3 is 14.9 Å². The SMILES string of the molecule is CC(C)OC(=O)C[C@H](O)C[C@H](O)C=Cc1c(-c2ccc(F)cc2)nc(N(C)S(C)(=O)=O)nc1C(C)C. The molecule has 36 heavy (non-hydrogen) atoms. The lowest BCUT2D eigenvalue weighted by atomic mass is 9.97. The van der Waals surface area contributed by atoms with Gasteiger partial charge in [-0.05, 0) is 44.0 Å². The largest absolute Gasteiger partial charge is 0.463 e. The van der Waals surface area contributed by atoms with Gasteiger partial charge in [0.25, 0.3) is 0 Å². The predicted molar refractivity (Wildman–Crippen MR) is 136 cm³/mol. The third-order valence-corrected chi connectivity index (χ3v) is 6.33. The number of sulfonamides is 1. The molecule has 0 amide bonds. The van der Waals surface area contributed by atoms with E-state index in [0.717, 1.165) is 10.6 Å². The highest BCUT2D eigenvalue weighted by Crippen LogP contribution is 2.31. The molecule has 0 unspecified atom stereocenters. The van der Waals surface area contributed by atoms with Crippen molar-refractivity contribution in [3.8, 4) is 11.3 Å². The van der Waals surface area contributed by atoms with Gasteiger partial charge in [0, 0.05) is 24.6 Å². The van der Waals surface area contributed by atoms with Crippen molar-refractivity contribution in [2.75, 3.05) is 17.6 Å². The number of aliphatic hydroxyl groups excluding tert-OH is 2. The molecule has 0 bridgehead atoms. The summed E-state index contributed by atoms with van der Waals surface area (Å²) in [4.78, 5) is 20.7. The summed E-state index contributed by atoms with van der Waals surface area (Å²) in [5.74, 6) is -1.21. The Bertz CT molecular complexity index is 1180. The van der Waals surface area contributed by atoms with E-state index in [-0.39, 0.29) is 30.8 Å². The van der Waals surface area contributed by atoms with Crippen molar-refractivity contribution in [3.63, 3.8) is 0 Å². The molecule has 1 aromatic heterocycles. The van der Waals surface area contributed by atoms with Crippen LogP contribution in [0.4, 0.5) is 10.3 Å². The van der Waals surface area contributed by atoms with Gasteiger partial charge in [-0.3, -0.25) is 4.79 Å².